The van der Waals surface area contributed by atoms with Crippen LogP contribution in [0.15, 0.2) is 48.0 Å². The van der Waals surface area contributed by atoms with Crippen molar-refractivity contribution in [3.05, 3.63) is 64.7 Å². The van der Waals surface area contributed by atoms with Crippen LogP contribution in [0, 0.1) is 6.92 Å². The highest BCUT2D eigenvalue weighted by Crippen LogP contribution is 2.40. The van der Waals surface area contributed by atoms with Gasteiger partial charge in [0.05, 0.1) is 31.4 Å². The minimum atomic E-state index is -0.660. The van der Waals surface area contributed by atoms with Gasteiger partial charge >= 0.3 is 0 Å². The highest BCUT2D eigenvalue weighted by molar-refractivity contribution is 6.46. The Morgan fingerprint density at radius 1 is 1.08 bits per heavy atom. The van der Waals surface area contributed by atoms with Gasteiger partial charge < -0.3 is 24.4 Å². The summed E-state index contributed by atoms with van der Waals surface area (Å²) in [6.45, 7) is 8.69. The molecule has 2 aliphatic rings. The third-order valence-electron chi connectivity index (χ3n) is 7.01. The summed E-state index contributed by atoms with van der Waals surface area (Å²) in [7, 11) is 3.92. The Balaban J connectivity index is 1.70. The second kappa shape index (κ2) is 11.8. The molecule has 0 aromatic heterocycles. The van der Waals surface area contributed by atoms with E-state index in [0.717, 1.165) is 42.9 Å². The molecule has 2 aliphatic heterocycles. The number of ether oxygens (including phenoxy) is 2. The maximum atomic E-state index is 13.4. The van der Waals surface area contributed by atoms with Gasteiger partial charge in [-0.25, -0.2) is 0 Å². The number of nitrogens with zero attached hydrogens (tertiary/aromatic N) is 3. The van der Waals surface area contributed by atoms with Gasteiger partial charge in [-0.2, -0.15) is 0 Å². The van der Waals surface area contributed by atoms with Gasteiger partial charge in [0.15, 0.2) is 0 Å². The van der Waals surface area contributed by atoms with E-state index in [4.69, 9.17) is 9.47 Å². The maximum absolute atomic E-state index is 13.4. The molecule has 198 valence electrons. The number of hydrogen-bond acceptors (Lipinski definition) is 7. The van der Waals surface area contributed by atoms with Crippen LogP contribution in [0.3, 0.4) is 0 Å². The highest BCUT2D eigenvalue weighted by Gasteiger charge is 2.46. The Labute approximate surface area is 219 Å². The molecule has 2 saturated heterocycles. The molecule has 2 heterocycles. The van der Waals surface area contributed by atoms with Gasteiger partial charge in [0, 0.05) is 51.5 Å². The molecule has 8 nitrogen and oxygen atoms in total. The van der Waals surface area contributed by atoms with Crippen molar-refractivity contribution >= 4 is 23.1 Å². The Morgan fingerprint density at radius 3 is 2.41 bits per heavy atom. The first-order chi connectivity index (χ1) is 17.8. The van der Waals surface area contributed by atoms with Gasteiger partial charge in [-0.1, -0.05) is 12.1 Å². The van der Waals surface area contributed by atoms with Crippen molar-refractivity contribution in [2.24, 2.45) is 0 Å². The average molecular weight is 508 g/mol. The van der Waals surface area contributed by atoms with Crippen LogP contribution in [0.25, 0.3) is 5.76 Å². The Bertz CT molecular complexity index is 1150. The van der Waals surface area contributed by atoms with Gasteiger partial charge in [-0.05, 0) is 61.7 Å². The van der Waals surface area contributed by atoms with Crippen LogP contribution in [-0.4, -0.2) is 86.7 Å². The number of anilines is 1. The van der Waals surface area contributed by atoms with Crippen LogP contribution in [0.5, 0.6) is 5.75 Å². The molecular formula is C29H37N3O5. The van der Waals surface area contributed by atoms with E-state index in [-0.39, 0.29) is 11.3 Å². The molecule has 2 fully saturated rings. The number of rotatable bonds is 9. The number of hydrogen-bond donors (Lipinski definition) is 1. The zero-order valence-electron chi connectivity index (χ0n) is 22.2. The number of carbonyl (C=O) groups excluding carboxylic acids is 2. The molecule has 1 atom stereocenters. The van der Waals surface area contributed by atoms with E-state index in [1.165, 1.54) is 0 Å². The first-order valence-electron chi connectivity index (χ1n) is 12.9. The summed E-state index contributed by atoms with van der Waals surface area (Å²) < 4.78 is 11.0. The summed E-state index contributed by atoms with van der Waals surface area (Å²) in [5.41, 5.74) is 3.21. The predicted octanol–water partition coefficient (Wildman–Crippen LogP) is 3.60. The molecule has 1 amide bonds. The fourth-order valence-electron chi connectivity index (χ4n) is 5.00. The Morgan fingerprint density at radius 2 is 1.78 bits per heavy atom. The smallest absolute Gasteiger partial charge is 0.295 e. The monoisotopic (exact) mass is 507 g/mol. The summed E-state index contributed by atoms with van der Waals surface area (Å²) in [5.74, 6) is -0.695. The van der Waals surface area contributed by atoms with Gasteiger partial charge in [-0.15, -0.1) is 0 Å². The molecule has 0 bridgehead atoms. The fraction of sp³-hybridized carbons (Fsp3) is 0.448. The average Bonchev–Trinajstić information content (AvgIpc) is 3.14. The van der Waals surface area contributed by atoms with E-state index < -0.39 is 17.7 Å². The van der Waals surface area contributed by atoms with Gasteiger partial charge in [0.2, 0.25) is 0 Å². The van der Waals surface area contributed by atoms with Crippen LogP contribution in [0.2, 0.25) is 0 Å². The summed E-state index contributed by atoms with van der Waals surface area (Å²) in [6.07, 6.45) is 0.724. The summed E-state index contributed by atoms with van der Waals surface area (Å²) in [6, 6.07) is 12.5. The number of benzene rings is 2. The maximum Gasteiger partial charge on any atom is 0.295 e. The quantitative estimate of drug-likeness (QED) is 0.315. The molecule has 0 spiro atoms. The third-order valence-corrected chi connectivity index (χ3v) is 7.01. The summed E-state index contributed by atoms with van der Waals surface area (Å²) >= 11 is 0. The van der Waals surface area contributed by atoms with Crippen molar-refractivity contribution in [2.45, 2.75) is 26.3 Å². The van der Waals surface area contributed by atoms with Crippen molar-refractivity contribution in [1.82, 2.24) is 9.80 Å². The van der Waals surface area contributed by atoms with E-state index in [9.17, 15) is 14.7 Å². The lowest BCUT2D eigenvalue weighted by atomic mass is 9.93. The first-order valence-corrected chi connectivity index (χ1v) is 12.9. The number of morpholine rings is 1. The highest BCUT2D eigenvalue weighted by atomic mass is 16.5. The Kier molecular flexibility index (Phi) is 8.51. The molecule has 0 saturated carbocycles. The standard InChI is InChI=1S/C29H37N3O5/c1-5-37-23-11-12-24(20(2)19-23)27(33)25-26(21-7-9-22(10-8-21)30(3)4)32(29(35)28(25)34)14-6-13-31-15-17-36-18-16-31/h7-12,19,26,33H,5-6,13-18H2,1-4H3/t26-/m1/s1. The second-order valence-corrected chi connectivity index (χ2v) is 9.70. The van der Waals surface area contributed by atoms with E-state index in [1.54, 1.807) is 17.0 Å². The minimum absolute atomic E-state index is 0.126. The largest absolute Gasteiger partial charge is 0.507 e. The molecule has 4 rings (SSSR count). The lowest BCUT2D eigenvalue weighted by molar-refractivity contribution is -0.140. The summed E-state index contributed by atoms with van der Waals surface area (Å²) in [4.78, 5) is 32.6. The van der Waals surface area contributed by atoms with E-state index in [2.05, 4.69) is 4.90 Å². The zero-order valence-corrected chi connectivity index (χ0v) is 22.2. The van der Waals surface area contributed by atoms with Gasteiger partial charge in [0.25, 0.3) is 11.7 Å². The van der Waals surface area contributed by atoms with E-state index in [1.807, 2.05) is 63.2 Å². The number of aliphatic hydroxyl groups is 1. The SMILES string of the molecule is CCOc1ccc(C(O)=C2C(=O)C(=O)N(CCCN3CCOCC3)[C@@H]2c2ccc(N(C)C)cc2)c(C)c1. The van der Waals surface area contributed by atoms with E-state index in [0.29, 0.717) is 37.7 Å². The van der Waals surface area contributed by atoms with Crippen molar-refractivity contribution in [3.63, 3.8) is 0 Å². The zero-order chi connectivity index (χ0) is 26.5. The van der Waals surface area contributed by atoms with Gasteiger partial charge in [0.1, 0.15) is 11.5 Å². The lowest BCUT2D eigenvalue weighted by Crippen LogP contribution is -2.38. The lowest BCUT2D eigenvalue weighted by Gasteiger charge is -2.29. The third kappa shape index (κ3) is 5.81. The number of amides is 1. The van der Waals surface area contributed by atoms with Crippen LogP contribution in [0.4, 0.5) is 5.69 Å². The number of aryl methyl sites for hydroxylation is 1. The topological polar surface area (TPSA) is 82.5 Å². The van der Waals surface area contributed by atoms with Crippen LogP contribution >= 0.6 is 0 Å². The normalized spacial score (nSPS) is 19.9. The van der Waals surface area contributed by atoms with Crippen LogP contribution in [-0.2, 0) is 14.3 Å². The molecule has 37 heavy (non-hydrogen) atoms. The van der Waals surface area contributed by atoms with Crippen molar-refractivity contribution in [2.75, 3.05) is 65.0 Å². The second-order valence-electron chi connectivity index (χ2n) is 9.70. The number of aliphatic hydroxyl groups excluding tert-OH is 1. The van der Waals surface area contributed by atoms with Crippen LogP contribution < -0.4 is 9.64 Å². The molecule has 0 unspecified atom stereocenters. The number of carbonyl (C=O) groups is 2. The number of likely N-dealkylation sites (tertiary alicyclic amines) is 1. The predicted molar refractivity (Wildman–Crippen MR) is 144 cm³/mol. The molecular weight excluding hydrogens is 470 g/mol. The molecule has 2 aromatic carbocycles. The molecule has 0 aliphatic carbocycles. The molecule has 2 aromatic rings. The van der Waals surface area contributed by atoms with E-state index >= 15 is 0 Å². The number of Topliss-reactive ketones (excluding diaryl/α,β-unsaturated/α-hetero) is 1. The summed E-state index contributed by atoms with van der Waals surface area (Å²) in [5, 5.41) is 11.4. The first kappa shape index (κ1) is 26.7. The van der Waals surface area contributed by atoms with Crippen molar-refractivity contribution in [1.29, 1.82) is 0 Å². The fourth-order valence-corrected chi connectivity index (χ4v) is 5.00. The van der Waals surface area contributed by atoms with Crippen molar-refractivity contribution < 1.29 is 24.2 Å². The number of ketones is 1. The molecule has 8 heteroatoms. The van der Waals surface area contributed by atoms with Gasteiger partial charge in [-0.3, -0.25) is 14.5 Å². The van der Waals surface area contributed by atoms with Crippen molar-refractivity contribution in [3.8, 4) is 5.75 Å². The Hall–Kier alpha value is -3.36. The minimum Gasteiger partial charge on any atom is -0.507 e. The molecule has 1 N–H and O–H groups in total. The molecule has 0 radical (unpaired) electrons. The van der Waals surface area contributed by atoms with Crippen LogP contribution in [0.1, 0.15) is 36.1 Å².